The van der Waals surface area contributed by atoms with Crippen LogP contribution in [0, 0.1) is 11.8 Å². The molecule has 2 fully saturated rings. The van der Waals surface area contributed by atoms with E-state index >= 15 is 0 Å². The lowest BCUT2D eigenvalue weighted by atomic mass is 9.80. The van der Waals surface area contributed by atoms with Gasteiger partial charge < -0.3 is 29.7 Å². The number of carbonyl (C=O) groups excluding carboxylic acids is 2. The molecule has 1 aromatic carbocycles. The van der Waals surface area contributed by atoms with Gasteiger partial charge in [0.2, 0.25) is 11.8 Å². The minimum Gasteiger partial charge on any atom is -0.493 e. The van der Waals surface area contributed by atoms with Crippen LogP contribution < -0.4 is 15.0 Å². The van der Waals surface area contributed by atoms with Crippen molar-refractivity contribution in [3.8, 4) is 5.75 Å². The molecule has 2 bridgehead atoms. The average Bonchev–Trinajstić information content (AvgIpc) is 3.00. The summed E-state index contributed by atoms with van der Waals surface area (Å²) in [6.07, 6.45) is 6.06. The first kappa shape index (κ1) is 37.9. The van der Waals surface area contributed by atoms with Crippen LogP contribution in [0.3, 0.4) is 0 Å². The summed E-state index contributed by atoms with van der Waals surface area (Å²) in [7, 11) is 4.21. The fourth-order valence-electron chi connectivity index (χ4n) is 6.30. The third-order valence-electron chi connectivity index (χ3n) is 9.02. The topological polar surface area (TPSA) is 81.2 Å². The third-order valence-corrected chi connectivity index (χ3v) is 9.02. The molecule has 246 valence electrons. The molecule has 3 aliphatic heterocycles. The van der Waals surface area contributed by atoms with Crippen molar-refractivity contribution in [3.05, 3.63) is 53.9 Å². The number of rotatable bonds is 6. The predicted molar refractivity (Wildman–Crippen MR) is 183 cm³/mol. The van der Waals surface area contributed by atoms with Crippen molar-refractivity contribution in [1.29, 1.82) is 0 Å². The lowest BCUT2D eigenvalue weighted by molar-refractivity contribution is -0.136. The Morgan fingerprint density at radius 1 is 1.05 bits per heavy atom. The van der Waals surface area contributed by atoms with Crippen molar-refractivity contribution in [2.24, 2.45) is 11.8 Å². The molecule has 9 nitrogen and oxygen atoms in total. The van der Waals surface area contributed by atoms with Gasteiger partial charge in [-0.1, -0.05) is 6.07 Å². The van der Waals surface area contributed by atoms with Crippen LogP contribution in [0.4, 0.5) is 5.69 Å². The molecule has 4 heterocycles. The molecule has 2 atom stereocenters. The lowest BCUT2D eigenvalue weighted by Crippen LogP contribution is -2.50. The molecule has 0 unspecified atom stereocenters. The van der Waals surface area contributed by atoms with E-state index in [-0.39, 0.29) is 49.0 Å². The van der Waals surface area contributed by atoms with Gasteiger partial charge in [-0.3, -0.25) is 14.6 Å². The third kappa shape index (κ3) is 10.4. The zero-order chi connectivity index (χ0) is 28.6. The number of likely N-dealkylation sites (N-methyl/N-ethyl adjacent to an activating group) is 2. The monoisotopic (exact) mass is 670 g/mol. The number of nitrogens with zero attached hydrogens (tertiary/aromatic N) is 5. The molecular formula is C32H49Cl3N6O3. The maximum atomic E-state index is 13.2. The quantitative estimate of drug-likeness (QED) is 0.499. The van der Waals surface area contributed by atoms with Gasteiger partial charge in [0.05, 0.1) is 13.2 Å². The number of hydrogen-bond acceptors (Lipinski definition) is 7. The van der Waals surface area contributed by atoms with E-state index in [9.17, 15) is 9.59 Å². The van der Waals surface area contributed by atoms with Crippen molar-refractivity contribution in [3.63, 3.8) is 0 Å². The van der Waals surface area contributed by atoms with E-state index < -0.39 is 0 Å². The van der Waals surface area contributed by atoms with Gasteiger partial charge >= 0.3 is 0 Å². The highest BCUT2D eigenvalue weighted by Crippen LogP contribution is 2.32. The molecule has 0 radical (unpaired) electrons. The number of fused-ring (bicyclic) bond motifs is 3. The van der Waals surface area contributed by atoms with Crippen LogP contribution in [0.1, 0.15) is 36.9 Å². The van der Waals surface area contributed by atoms with Gasteiger partial charge in [0.1, 0.15) is 5.75 Å². The van der Waals surface area contributed by atoms with E-state index in [1.54, 1.807) is 0 Å². The molecule has 5 rings (SSSR count). The van der Waals surface area contributed by atoms with Gasteiger partial charge in [0.15, 0.2) is 0 Å². The second-order valence-electron chi connectivity index (χ2n) is 11.9. The highest BCUT2D eigenvalue weighted by molar-refractivity contribution is 5.86. The van der Waals surface area contributed by atoms with Crippen LogP contribution in [0.25, 0.3) is 0 Å². The number of piperazine rings is 1. The molecule has 3 aliphatic rings. The summed E-state index contributed by atoms with van der Waals surface area (Å²) in [4.78, 5) is 39.3. The predicted octanol–water partition coefficient (Wildman–Crippen LogP) is 3.92. The number of pyridine rings is 1. The van der Waals surface area contributed by atoms with E-state index in [0.29, 0.717) is 38.0 Å². The first-order valence-corrected chi connectivity index (χ1v) is 15.3. The Morgan fingerprint density at radius 2 is 1.84 bits per heavy atom. The second kappa shape index (κ2) is 18.6. The smallest absolute Gasteiger partial charge is 0.236 e. The zero-order valence-corrected chi connectivity index (χ0v) is 28.4. The Hall–Kier alpha value is -2.30. The Labute approximate surface area is 281 Å². The fraction of sp³-hybridized carbons (Fsp3) is 0.594. The number of anilines is 1. The first-order chi connectivity index (χ1) is 20.0. The van der Waals surface area contributed by atoms with E-state index in [1.807, 2.05) is 28.1 Å². The fourth-order valence-corrected chi connectivity index (χ4v) is 6.30. The number of nitrogens with one attached hydrogen (secondary N) is 1. The highest BCUT2D eigenvalue weighted by Gasteiger charge is 2.34. The molecule has 0 spiro atoms. The number of halogens is 3. The molecule has 44 heavy (non-hydrogen) atoms. The van der Waals surface area contributed by atoms with Crippen molar-refractivity contribution in [1.82, 2.24) is 25.0 Å². The summed E-state index contributed by atoms with van der Waals surface area (Å²) in [5.74, 6) is 1.93. The Kier molecular flexibility index (Phi) is 16.0. The molecule has 12 heteroatoms. The number of ether oxygens (including phenoxy) is 1. The molecule has 0 aliphatic carbocycles. The van der Waals surface area contributed by atoms with E-state index in [1.165, 1.54) is 0 Å². The second-order valence-corrected chi connectivity index (χ2v) is 11.9. The van der Waals surface area contributed by atoms with Crippen LogP contribution in [-0.4, -0.2) is 105 Å². The first-order valence-electron chi connectivity index (χ1n) is 15.3. The van der Waals surface area contributed by atoms with Crippen molar-refractivity contribution >= 4 is 54.7 Å². The largest absolute Gasteiger partial charge is 0.493 e. The van der Waals surface area contributed by atoms with Gasteiger partial charge in [-0.05, 0) is 68.5 Å². The summed E-state index contributed by atoms with van der Waals surface area (Å²) in [6.45, 7) is 7.35. The van der Waals surface area contributed by atoms with Gasteiger partial charge in [-0.25, -0.2) is 0 Å². The van der Waals surface area contributed by atoms with Crippen molar-refractivity contribution in [2.75, 3.05) is 78.0 Å². The Bertz CT molecular complexity index is 1170. The van der Waals surface area contributed by atoms with Gasteiger partial charge in [0.25, 0.3) is 0 Å². The molecule has 1 N–H and O–H groups in total. The van der Waals surface area contributed by atoms with E-state index in [0.717, 1.165) is 94.2 Å². The summed E-state index contributed by atoms with van der Waals surface area (Å²) >= 11 is 0. The summed E-state index contributed by atoms with van der Waals surface area (Å²) < 4.78 is 6.30. The molecule has 1 aromatic heterocycles. The highest BCUT2D eigenvalue weighted by atomic mass is 35.5. The summed E-state index contributed by atoms with van der Waals surface area (Å²) in [5.41, 5.74) is 3.26. The van der Waals surface area contributed by atoms with Crippen molar-refractivity contribution < 1.29 is 14.3 Å². The average molecular weight is 672 g/mol. The number of piperidine rings is 1. The lowest BCUT2D eigenvalue weighted by Gasteiger charge is -2.40. The molecule has 2 aromatic rings. The summed E-state index contributed by atoms with van der Waals surface area (Å²) in [5, 5.41) is 3.38. The normalized spacial score (nSPS) is 21.0. The number of carbonyl (C=O) groups is 2. The molecule has 2 amide bonds. The van der Waals surface area contributed by atoms with E-state index in [2.05, 4.69) is 58.5 Å². The maximum absolute atomic E-state index is 13.2. The van der Waals surface area contributed by atoms with Gasteiger partial charge in [-0.2, -0.15) is 0 Å². The SMILES string of the molecule is CN1CCN(C(=O)C[C@@H]2CCN3C[C@@H]2CCCOc2ccc(N(C)CCc4ccccn4)cc2CNCC3=O)CC1.Cl.Cl.Cl. The standard InChI is InChI=1S/C32H46N6O3.3ClH/c1-35-15-17-37(18-16-35)31(39)21-25-10-14-38-24-26(25)6-5-19-41-30-9-8-29(20-27(30)22-33-23-32(38)40)36(2)13-11-28-7-3-4-12-34-28;;;/h3-4,7-9,12,20,25-26,33H,5-6,10-11,13-19,21-24H2,1-2H3;3*1H/t25-,26-;;;/m0.../s1. The number of hydrogen-bond donors (Lipinski definition) is 1. The summed E-state index contributed by atoms with van der Waals surface area (Å²) in [6, 6.07) is 12.4. The van der Waals surface area contributed by atoms with E-state index in [4.69, 9.17) is 4.74 Å². The van der Waals surface area contributed by atoms with Crippen LogP contribution in [0.2, 0.25) is 0 Å². The number of benzene rings is 1. The molecule has 0 saturated carbocycles. The van der Waals surface area contributed by atoms with Gasteiger partial charge in [0, 0.05) is 95.4 Å². The van der Waals surface area contributed by atoms with Crippen LogP contribution in [0.5, 0.6) is 5.75 Å². The molecule has 2 saturated heterocycles. The van der Waals surface area contributed by atoms with Gasteiger partial charge in [-0.15, -0.1) is 37.2 Å². The number of aromatic nitrogens is 1. The minimum absolute atomic E-state index is 0. The minimum atomic E-state index is 0. The van der Waals surface area contributed by atoms with Crippen LogP contribution in [-0.2, 0) is 22.6 Å². The Morgan fingerprint density at radius 3 is 2.59 bits per heavy atom. The van der Waals surface area contributed by atoms with Crippen molar-refractivity contribution in [2.45, 2.75) is 38.6 Å². The number of amides is 2. The maximum Gasteiger partial charge on any atom is 0.236 e. The van der Waals surface area contributed by atoms with Crippen LogP contribution in [0.15, 0.2) is 42.6 Å². The Balaban J connectivity index is 0.00000225. The zero-order valence-electron chi connectivity index (χ0n) is 26.0. The molecular weight excluding hydrogens is 623 g/mol. The van der Waals surface area contributed by atoms with Crippen LogP contribution >= 0.6 is 37.2 Å².